The van der Waals surface area contributed by atoms with Crippen LogP contribution in [-0.4, -0.2) is 31.8 Å². The molecular weight excluding hydrogens is 402 g/mol. The van der Waals surface area contributed by atoms with Crippen LogP contribution in [0.15, 0.2) is 55.5 Å². The van der Waals surface area contributed by atoms with Crippen molar-refractivity contribution in [3.63, 3.8) is 0 Å². The molecule has 0 unspecified atom stereocenters. The summed E-state index contributed by atoms with van der Waals surface area (Å²) in [5, 5.41) is 8.17. The number of rotatable bonds is 7. The van der Waals surface area contributed by atoms with E-state index in [1.54, 1.807) is 10.9 Å². The Morgan fingerprint density at radius 2 is 2.12 bits per heavy atom. The summed E-state index contributed by atoms with van der Waals surface area (Å²) in [7, 11) is 1.89. The number of ether oxygens (including phenoxy) is 1. The predicted molar refractivity (Wildman–Crippen MR) is 128 cm³/mol. The van der Waals surface area contributed by atoms with Crippen molar-refractivity contribution in [2.75, 3.05) is 5.32 Å². The Morgan fingerprint density at radius 1 is 1.31 bits per heavy atom. The van der Waals surface area contributed by atoms with Crippen LogP contribution in [0.4, 0.5) is 5.69 Å². The lowest BCUT2D eigenvalue weighted by Gasteiger charge is -2.13. The van der Waals surface area contributed by atoms with Gasteiger partial charge in [0, 0.05) is 35.4 Å². The highest BCUT2D eigenvalue weighted by Gasteiger charge is 2.19. The van der Waals surface area contributed by atoms with Crippen molar-refractivity contribution in [2.24, 2.45) is 7.05 Å². The number of benzene rings is 1. The van der Waals surface area contributed by atoms with Crippen LogP contribution < -0.4 is 10.1 Å². The fraction of sp³-hybridized carbons (Fsp3) is 0.240. The maximum atomic E-state index is 11.9. The Hall–Kier alpha value is -3.87. The first-order valence-corrected chi connectivity index (χ1v) is 10.6. The van der Waals surface area contributed by atoms with Crippen molar-refractivity contribution in [3.8, 4) is 28.1 Å². The van der Waals surface area contributed by atoms with Gasteiger partial charge in [-0.1, -0.05) is 25.6 Å². The van der Waals surface area contributed by atoms with E-state index < -0.39 is 0 Å². The van der Waals surface area contributed by atoms with Crippen LogP contribution >= 0.6 is 0 Å². The summed E-state index contributed by atoms with van der Waals surface area (Å²) in [5.41, 5.74) is 6.23. The normalized spacial score (nSPS) is 12.0. The fourth-order valence-corrected chi connectivity index (χ4v) is 3.59. The van der Waals surface area contributed by atoms with Gasteiger partial charge in [0.25, 0.3) is 0 Å². The van der Waals surface area contributed by atoms with E-state index in [0.717, 1.165) is 56.8 Å². The van der Waals surface area contributed by atoms with E-state index in [0.29, 0.717) is 0 Å². The minimum atomic E-state index is -0.248. The molecule has 164 valence electrons. The lowest BCUT2D eigenvalue weighted by Crippen LogP contribution is -2.09. The molecule has 32 heavy (non-hydrogen) atoms. The summed E-state index contributed by atoms with van der Waals surface area (Å²) in [4.78, 5) is 20.0. The number of nitrogens with one attached hydrogen (secondary N) is 2. The average molecular weight is 430 g/mol. The van der Waals surface area contributed by atoms with Crippen molar-refractivity contribution >= 4 is 22.6 Å². The van der Waals surface area contributed by atoms with Gasteiger partial charge in [-0.15, -0.1) is 0 Å². The molecule has 0 aliphatic carbocycles. The summed E-state index contributed by atoms with van der Waals surface area (Å²) in [6, 6.07) is 8.03. The number of H-pyrrole nitrogens is 1. The Kier molecular flexibility index (Phi) is 5.81. The van der Waals surface area contributed by atoms with Crippen molar-refractivity contribution < 1.29 is 9.53 Å². The number of amides is 1. The van der Waals surface area contributed by atoms with Gasteiger partial charge in [0.1, 0.15) is 11.4 Å². The molecule has 4 aromatic rings. The third-order valence-corrected chi connectivity index (χ3v) is 5.50. The van der Waals surface area contributed by atoms with Gasteiger partial charge < -0.3 is 15.0 Å². The van der Waals surface area contributed by atoms with Crippen LogP contribution in [0.3, 0.4) is 0 Å². The van der Waals surface area contributed by atoms with Gasteiger partial charge in [0.05, 0.1) is 24.2 Å². The van der Waals surface area contributed by atoms with Crippen LogP contribution in [0, 0.1) is 6.92 Å². The maximum absolute atomic E-state index is 11.9. The second kappa shape index (κ2) is 8.70. The molecule has 1 amide bonds. The molecule has 4 rings (SSSR count). The molecule has 2 N–H and O–H groups in total. The number of nitrogens with zero attached hydrogens (tertiary/aromatic N) is 3. The molecule has 1 aromatic carbocycles. The summed E-state index contributed by atoms with van der Waals surface area (Å²) in [5.74, 6) is 0.472. The topological polar surface area (TPSA) is 84.8 Å². The molecule has 0 aliphatic heterocycles. The second-order valence-corrected chi connectivity index (χ2v) is 7.90. The molecular formula is C25H27N5O2. The highest BCUT2D eigenvalue weighted by molar-refractivity contribution is 6.04. The number of carbonyl (C=O) groups excluding carboxylic acids is 1. The van der Waals surface area contributed by atoms with Crippen LogP contribution in [0.25, 0.3) is 33.4 Å². The van der Waals surface area contributed by atoms with Gasteiger partial charge in [-0.25, -0.2) is 4.98 Å². The largest absolute Gasteiger partial charge is 0.489 e. The van der Waals surface area contributed by atoms with E-state index in [-0.39, 0.29) is 12.0 Å². The predicted octanol–water partition coefficient (Wildman–Crippen LogP) is 5.24. The van der Waals surface area contributed by atoms with E-state index >= 15 is 0 Å². The van der Waals surface area contributed by atoms with Crippen LogP contribution in [0.5, 0.6) is 5.75 Å². The molecule has 7 nitrogen and oxygen atoms in total. The monoisotopic (exact) mass is 429 g/mol. The highest BCUT2D eigenvalue weighted by atomic mass is 16.5. The molecule has 0 bridgehead atoms. The Morgan fingerprint density at radius 3 is 2.81 bits per heavy atom. The molecule has 3 aromatic heterocycles. The molecule has 0 saturated carbocycles. The lowest BCUT2D eigenvalue weighted by molar-refractivity contribution is -0.111. The second-order valence-electron chi connectivity index (χ2n) is 7.90. The summed E-state index contributed by atoms with van der Waals surface area (Å²) in [6.07, 6.45) is 7.78. The molecule has 0 radical (unpaired) electrons. The van der Waals surface area contributed by atoms with Gasteiger partial charge in [-0.3, -0.25) is 9.48 Å². The lowest BCUT2D eigenvalue weighted by atomic mass is 9.98. The summed E-state index contributed by atoms with van der Waals surface area (Å²) in [6.45, 7) is 9.63. The van der Waals surface area contributed by atoms with Crippen LogP contribution in [0.2, 0.25) is 0 Å². The first kappa shape index (κ1) is 21.4. The highest BCUT2D eigenvalue weighted by Crippen LogP contribution is 2.40. The van der Waals surface area contributed by atoms with Crippen molar-refractivity contribution in [3.05, 3.63) is 61.1 Å². The number of hydrogen-bond acceptors (Lipinski definition) is 4. The number of aromatic amines is 1. The molecule has 0 aliphatic rings. The number of hydrogen-bond donors (Lipinski definition) is 2. The minimum Gasteiger partial charge on any atom is -0.489 e. The zero-order valence-corrected chi connectivity index (χ0v) is 18.8. The van der Waals surface area contributed by atoms with Crippen molar-refractivity contribution in [2.45, 2.75) is 33.3 Å². The quantitative estimate of drug-likeness (QED) is 0.394. The van der Waals surface area contributed by atoms with E-state index in [4.69, 9.17) is 4.74 Å². The Labute approximate surface area is 187 Å². The standard InChI is InChI=1S/C25H27N5O2/c1-6-16(4)32-19-11-20-23(17-9-8-15(3)21(10-17)28-22(31)7-2)24(29-25(20)26-13-19)18-12-27-30(5)14-18/h7-14,16H,2,6H2,1,3-5H3,(H,26,29)(H,28,31)/t16-/m1/s1. The third kappa shape index (κ3) is 4.14. The SMILES string of the molecule is C=CC(=O)Nc1cc(-c2c(-c3cnn(C)c3)[nH]c3ncc(O[C@H](C)CC)cc23)ccc1C. The first-order valence-electron chi connectivity index (χ1n) is 10.6. The van der Waals surface area contributed by atoms with E-state index in [9.17, 15) is 4.79 Å². The third-order valence-electron chi connectivity index (χ3n) is 5.50. The van der Waals surface area contributed by atoms with E-state index in [1.807, 2.05) is 57.6 Å². The summed E-state index contributed by atoms with van der Waals surface area (Å²) < 4.78 is 7.79. The smallest absolute Gasteiger partial charge is 0.247 e. The number of carbonyl (C=O) groups is 1. The van der Waals surface area contributed by atoms with Gasteiger partial charge in [-0.2, -0.15) is 5.10 Å². The van der Waals surface area contributed by atoms with E-state index in [2.05, 4.69) is 33.9 Å². The molecule has 0 saturated heterocycles. The number of aryl methyl sites for hydroxylation is 2. The van der Waals surface area contributed by atoms with Crippen LogP contribution in [0.1, 0.15) is 25.8 Å². The number of pyridine rings is 1. The van der Waals surface area contributed by atoms with Crippen molar-refractivity contribution in [1.29, 1.82) is 0 Å². The number of anilines is 1. The van der Waals surface area contributed by atoms with Crippen molar-refractivity contribution in [1.82, 2.24) is 19.7 Å². The fourth-order valence-electron chi connectivity index (χ4n) is 3.59. The zero-order chi connectivity index (χ0) is 22.8. The minimum absolute atomic E-state index is 0.0922. The van der Waals surface area contributed by atoms with Gasteiger partial charge in [-0.05, 0) is 49.6 Å². The summed E-state index contributed by atoms with van der Waals surface area (Å²) >= 11 is 0. The molecule has 0 fully saturated rings. The maximum Gasteiger partial charge on any atom is 0.247 e. The molecule has 3 heterocycles. The number of aromatic nitrogens is 4. The van der Waals surface area contributed by atoms with Gasteiger partial charge in [0.15, 0.2) is 0 Å². The molecule has 7 heteroatoms. The first-order chi connectivity index (χ1) is 15.4. The Balaban J connectivity index is 1.92. The molecule has 0 spiro atoms. The Bertz CT molecular complexity index is 1300. The molecule has 1 atom stereocenters. The number of fused-ring (bicyclic) bond motifs is 1. The van der Waals surface area contributed by atoms with Gasteiger partial charge in [0.2, 0.25) is 5.91 Å². The van der Waals surface area contributed by atoms with E-state index in [1.165, 1.54) is 6.08 Å². The zero-order valence-electron chi connectivity index (χ0n) is 18.8. The van der Waals surface area contributed by atoms with Gasteiger partial charge >= 0.3 is 0 Å². The van der Waals surface area contributed by atoms with Crippen LogP contribution in [-0.2, 0) is 11.8 Å². The average Bonchev–Trinajstić information content (AvgIpc) is 3.38.